The maximum atomic E-state index is 12.1. The molecule has 0 spiro atoms. The number of esters is 1. The number of halogens is 1. The molecule has 0 aliphatic rings. The summed E-state index contributed by atoms with van der Waals surface area (Å²) >= 11 is 3.33. The number of ether oxygens (including phenoxy) is 2. The molecule has 0 unspecified atom stereocenters. The van der Waals surface area contributed by atoms with E-state index in [1.807, 2.05) is 19.1 Å². The number of amides is 1. The van der Waals surface area contributed by atoms with Gasteiger partial charge in [0.25, 0.3) is 5.91 Å². The maximum Gasteiger partial charge on any atom is 0.338 e. The normalized spacial score (nSPS) is 10.1. The second-order valence-corrected chi connectivity index (χ2v) is 5.96. The Morgan fingerprint density at radius 2 is 1.83 bits per heavy atom. The second-order valence-electron chi connectivity index (χ2n) is 5.04. The van der Waals surface area contributed by atoms with Gasteiger partial charge in [0.2, 0.25) is 0 Å². The van der Waals surface area contributed by atoms with E-state index < -0.39 is 5.97 Å². The van der Waals surface area contributed by atoms with Gasteiger partial charge in [-0.3, -0.25) is 4.79 Å². The molecule has 0 bridgehead atoms. The van der Waals surface area contributed by atoms with Crippen LogP contribution in [-0.2, 0) is 9.53 Å². The van der Waals surface area contributed by atoms with Crippen molar-refractivity contribution in [3.63, 3.8) is 0 Å². The van der Waals surface area contributed by atoms with E-state index in [0.29, 0.717) is 23.6 Å². The molecule has 0 heterocycles. The number of rotatable bonds is 6. The number of aryl methyl sites for hydroxylation is 1. The Kier molecular flexibility index (Phi) is 6.37. The molecule has 6 heteroatoms. The lowest BCUT2D eigenvalue weighted by Crippen LogP contribution is -2.21. The first kappa shape index (κ1) is 18.0. The minimum Gasteiger partial charge on any atom is -0.484 e. The first-order valence-electron chi connectivity index (χ1n) is 7.45. The Labute approximate surface area is 149 Å². The predicted octanol–water partition coefficient (Wildman–Crippen LogP) is 3.95. The van der Waals surface area contributed by atoms with Crippen molar-refractivity contribution in [3.8, 4) is 5.75 Å². The Balaban J connectivity index is 1.98. The molecule has 126 valence electrons. The minimum absolute atomic E-state index is 0.120. The van der Waals surface area contributed by atoms with Gasteiger partial charge in [-0.05, 0) is 55.8 Å². The zero-order valence-electron chi connectivity index (χ0n) is 13.5. The number of nitrogens with one attached hydrogen (secondary N) is 1. The molecule has 2 aromatic carbocycles. The molecule has 0 atom stereocenters. The van der Waals surface area contributed by atoms with Gasteiger partial charge in [-0.15, -0.1) is 0 Å². The molecule has 0 aromatic heterocycles. The van der Waals surface area contributed by atoms with Crippen LogP contribution in [0.4, 0.5) is 5.69 Å². The summed E-state index contributed by atoms with van der Waals surface area (Å²) in [5.41, 5.74) is 1.80. The van der Waals surface area contributed by atoms with Crippen LogP contribution in [0.2, 0.25) is 0 Å². The highest BCUT2D eigenvalue weighted by molar-refractivity contribution is 9.10. The lowest BCUT2D eigenvalue weighted by atomic mass is 10.1. The summed E-state index contributed by atoms with van der Waals surface area (Å²) in [6, 6.07) is 12.2. The van der Waals surface area contributed by atoms with Crippen molar-refractivity contribution in [2.24, 2.45) is 0 Å². The summed E-state index contributed by atoms with van der Waals surface area (Å²) < 4.78 is 11.3. The number of carbonyl (C=O) groups excluding carboxylic acids is 2. The Morgan fingerprint density at radius 3 is 2.50 bits per heavy atom. The summed E-state index contributed by atoms with van der Waals surface area (Å²) in [6.45, 7) is 3.77. The van der Waals surface area contributed by atoms with Crippen molar-refractivity contribution in [1.29, 1.82) is 0 Å². The third kappa shape index (κ3) is 5.09. The zero-order valence-corrected chi connectivity index (χ0v) is 15.1. The monoisotopic (exact) mass is 391 g/mol. The molecule has 2 rings (SSSR count). The summed E-state index contributed by atoms with van der Waals surface area (Å²) in [5, 5.41) is 2.75. The van der Waals surface area contributed by atoms with E-state index in [4.69, 9.17) is 9.47 Å². The average Bonchev–Trinajstić information content (AvgIpc) is 2.56. The van der Waals surface area contributed by atoms with E-state index in [2.05, 4.69) is 21.2 Å². The third-order valence-corrected chi connectivity index (χ3v) is 3.74. The third-order valence-electron chi connectivity index (χ3n) is 3.21. The van der Waals surface area contributed by atoms with Gasteiger partial charge in [-0.1, -0.05) is 22.0 Å². The topological polar surface area (TPSA) is 64.6 Å². The van der Waals surface area contributed by atoms with Crippen LogP contribution >= 0.6 is 15.9 Å². The lowest BCUT2D eigenvalue weighted by Gasteiger charge is -2.11. The van der Waals surface area contributed by atoms with Gasteiger partial charge in [0.15, 0.2) is 6.61 Å². The van der Waals surface area contributed by atoms with E-state index in [-0.39, 0.29) is 12.5 Å². The van der Waals surface area contributed by atoms with Crippen LogP contribution in [0.3, 0.4) is 0 Å². The van der Waals surface area contributed by atoms with E-state index in [0.717, 1.165) is 10.0 Å². The van der Waals surface area contributed by atoms with Crippen molar-refractivity contribution in [2.75, 3.05) is 18.5 Å². The van der Waals surface area contributed by atoms with Crippen molar-refractivity contribution in [1.82, 2.24) is 0 Å². The fourth-order valence-electron chi connectivity index (χ4n) is 1.96. The van der Waals surface area contributed by atoms with Gasteiger partial charge in [-0.25, -0.2) is 4.79 Å². The van der Waals surface area contributed by atoms with Crippen LogP contribution < -0.4 is 10.1 Å². The summed E-state index contributed by atoms with van der Waals surface area (Å²) in [4.78, 5) is 23.8. The van der Waals surface area contributed by atoms with Crippen molar-refractivity contribution >= 4 is 33.5 Å². The molecule has 1 amide bonds. The lowest BCUT2D eigenvalue weighted by molar-refractivity contribution is -0.118. The molecule has 0 radical (unpaired) electrons. The summed E-state index contributed by atoms with van der Waals surface area (Å²) in [5.74, 6) is -0.119. The highest BCUT2D eigenvalue weighted by atomic mass is 79.9. The smallest absolute Gasteiger partial charge is 0.338 e. The number of hydrogen-bond acceptors (Lipinski definition) is 4. The Hall–Kier alpha value is -2.34. The maximum absolute atomic E-state index is 12.1. The van der Waals surface area contributed by atoms with E-state index in [1.54, 1.807) is 37.3 Å². The van der Waals surface area contributed by atoms with Gasteiger partial charge >= 0.3 is 5.97 Å². The van der Waals surface area contributed by atoms with Crippen LogP contribution in [-0.4, -0.2) is 25.1 Å². The molecule has 0 saturated carbocycles. The van der Waals surface area contributed by atoms with Gasteiger partial charge < -0.3 is 14.8 Å². The highest BCUT2D eigenvalue weighted by Gasteiger charge is 2.11. The number of anilines is 1. The molecule has 0 saturated heterocycles. The summed E-state index contributed by atoms with van der Waals surface area (Å²) in [7, 11) is 0. The molecular formula is C18H18BrNO4. The van der Waals surface area contributed by atoms with Gasteiger partial charge in [-0.2, -0.15) is 0 Å². The molecule has 0 aliphatic carbocycles. The first-order chi connectivity index (χ1) is 11.5. The number of benzene rings is 2. The fourth-order valence-corrected chi connectivity index (χ4v) is 2.23. The van der Waals surface area contributed by atoms with Gasteiger partial charge in [0.1, 0.15) is 5.75 Å². The van der Waals surface area contributed by atoms with Crippen molar-refractivity contribution in [3.05, 3.63) is 58.1 Å². The van der Waals surface area contributed by atoms with Crippen molar-refractivity contribution in [2.45, 2.75) is 13.8 Å². The molecule has 0 fully saturated rings. The van der Waals surface area contributed by atoms with Crippen molar-refractivity contribution < 1.29 is 19.1 Å². The second kappa shape index (κ2) is 8.49. The molecule has 2 aromatic rings. The standard InChI is InChI=1S/C18H18BrNO4/c1-3-23-18(22)13-5-4-12(2)16(10-13)20-17(21)11-24-15-8-6-14(19)7-9-15/h4-10H,3,11H2,1-2H3,(H,20,21). The minimum atomic E-state index is -0.417. The summed E-state index contributed by atoms with van der Waals surface area (Å²) in [6.07, 6.45) is 0. The zero-order chi connectivity index (χ0) is 17.5. The quantitative estimate of drug-likeness (QED) is 0.757. The first-order valence-corrected chi connectivity index (χ1v) is 8.25. The average molecular weight is 392 g/mol. The van der Waals surface area contributed by atoms with E-state index in [1.165, 1.54) is 0 Å². The molecule has 0 aliphatic heterocycles. The molecule has 5 nitrogen and oxygen atoms in total. The SMILES string of the molecule is CCOC(=O)c1ccc(C)c(NC(=O)COc2ccc(Br)cc2)c1. The van der Waals surface area contributed by atoms with E-state index in [9.17, 15) is 9.59 Å². The molecule has 1 N–H and O–H groups in total. The number of hydrogen-bond donors (Lipinski definition) is 1. The van der Waals surface area contributed by atoms with Gasteiger partial charge in [0.05, 0.1) is 12.2 Å². The predicted molar refractivity (Wildman–Crippen MR) is 95.4 cm³/mol. The molecular weight excluding hydrogens is 374 g/mol. The van der Waals surface area contributed by atoms with Crippen LogP contribution in [0.25, 0.3) is 0 Å². The highest BCUT2D eigenvalue weighted by Crippen LogP contribution is 2.19. The fraction of sp³-hybridized carbons (Fsp3) is 0.222. The Bertz CT molecular complexity index is 728. The van der Waals surface area contributed by atoms with Crippen LogP contribution in [0.1, 0.15) is 22.8 Å². The molecule has 24 heavy (non-hydrogen) atoms. The number of carbonyl (C=O) groups is 2. The van der Waals surface area contributed by atoms with Crippen LogP contribution in [0, 0.1) is 6.92 Å². The van der Waals surface area contributed by atoms with Gasteiger partial charge in [0, 0.05) is 10.2 Å². The van der Waals surface area contributed by atoms with Crippen LogP contribution in [0.5, 0.6) is 5.75 Å². The van der Waals surface area contributed by atoms with Crippen LogP contribution in [0.15, 0.2) is 46.9 Å². The van der Waals surface area contributed by atoms with E-state index >= 15 is 0 Å². The largest absolute Gasteiger partial charge is 0.484 e. The Morgan fingerprint density at radius 1 is 1.12 bits per heavy atom.